The molecule has 24 heavy (non-hydrogen) atoms. The summed E-state index contributed by atoms with van der Waals surface area (Å²) in [5.41, 5.74) is 1.26. The smallest absolute Gasteiger partial charge is 0.223 e. The van der Waals surface area contributed by atoms with E-state index >= 15 is 0 Å². The zero-order valence-corrected chi connectivity index (χ0v) is 15.3. The molecule has 0 N–H and O–H groups in total. The molecule has 0 radical (unpaired) electrons. The van der Waals surface area contributed by atoms with Gasteiger partial charge in [-0.25, -0.2) is 0 Å². The summed E-state index contributed by atoms with van der Waals surface area (Å²) in [7, 11) is 2.04. The number of hydrogen-bond donors (Lipinski definition) is 0. The van der Waals surface area contributed by atoms with Gasteiger partial charge in [0.2, 0.25) is 5.91 Å². The first-order chi connectivity index (χ1) is 11.7. The lowest BCUT2D eigenvalue weighted by molar-refractivity contribution is -0.134. The fraction of sp³-hybridized carbons (Fsp3) is 0.667. The molecule has 132 valence electrons. The lowest BCUT2D eigenvalue weighted by Gasteiger charge is -2.42. The maximum absolute atomic E-state index is 12.9. The lowest BCUT2D eigenvalue weighted by Crippen LogP contribution is -2.53. The number of benzene rings is 1. The van der Waals surface area contributed by atoms with E-state index in [1.54, 1.807) is 0 Å². The predicted molar refractivity (Wildman–Crippen MR) is 99.1 cm³/mol. The summed E-state index contributed by atoms with van der Waals surface area (Å²) in [6, 6.07) is 11.4. The fourth-order valence-electron chi connectivity index (χ4n) is 4.53. The molecule has 0 bridgehead atoms. The molecule has 2 fully saturated rings. The highest BCUT2D eigenvalue weighted by Crippen LogP contribution is 2.30. The van der Waals surface area contributed by atoms with Gasteiger partial charge in [0.1, 0.15) is 0 Å². The number of likely N-dealkylation sites (N-methyl/N-ethyl adjacent to an activating group) is 1. The summed E-state index contributed by atoms with van der Waals surface area (Å²) in [5, 5.41) is 0. The fourth-order valence-corrected chi connectivity index (χ4v) is 4.53. The van der Waals surface area contributed by atoms with Gasteiger partial charge < -0.3 is 4.90 Å². The molecule has 1 aromatic rings. The van der Waals surface area contributed by atoms with Gasteiger partial charge in [0.25, 0.3) is 0 Å². The highest BCUT2D eigenvalue weighted by Gasteiger charge is 2.35. The van der Waals surface area contributed by atoms with Crippen molar-refractivity contribution in [3.63, 3.8) is 0 Å². The molecule has 1 heterocycles. The zero-order chi connectivity index (χ0) is 16.9. The molecule has 0 aromatic heterocycles. The van der Waals surface area contributed by atoms with Crippen LogP contribution in [-0.4, -0.2) is 47.9 Å². The number of nitrogens with zero attached hydrogens (tertiary/aromatic N) is 2. The number of likely N-dealkylation sites (tertiary alicyclic amines) is 1. The van der Waals surface area contributed by atoms with Crippen molar-refractivity contribution in [2.45, 2.75) is 69.9 Å². The van der Waals surface area contributed by atoms with Crippen LogP contribution in [0, 0.1) is 0 Å². The van der Waals surface area contributed by atoms with Crippen LogP contribution in [0.1, 0.15) is 63.4 Å². The average Bonchev–Trinajstić information content (AvgIpc) is 3.16. The molecular weight excluding hydrogens is 296 g/mol. The maximum atomic E-state index is 12.9. The quantitative estimate of drug-likeness (QED) is 0.814. The van der Waals surface area contributed by atoms with E-state index in [9.17, 15) is 4.79 Å². The van der Waals surface area contributed by atoms with E-state index in [1.165, 1.54) is 57.2 Å². The summed E-state index contributed by atoms with van der Waals surface area (Å²) in [4.78, 5) is 17.6. The Hall–Kier alpha value is -1.35. The van der Waals surface area contributed by atoms with Crippen LogP contribution in [0.2, 0.25) is 0 Å². The Kier molecular flexibility index (Phi) is 5.94. The van der Waals surface area contributed by atoms with E-state index in [-0.39, 0.29) is 5.92 Å². The van der Waals surface area contributed by atoms with Gasteiger partial charge in [-0.2, -0.15) is 0 Å². The predicted octanol–water partition coefficient (Wildman–Crippen LogP) is 4.05. The topological polar surface area (TPSA) is 23.6 Å². The van der Waals surface area contributed by atoms with E-state index in [1.807, 2.05) is 13.1 Å². The summed E-state index contributed by atoms with van der Waals surface area (Å²) in [5.74, 6) is 0.595. The van der Waals surface area contributed by atoms with E-state index < -0.39 is 0 Å². The minimum absolute atomic E-state index is 0.287. The van der Waals surface area contributed by atoms with Crippen molar-refractivity contribution in [1.29, 1.82) is 0 Å². The van der Waals surface area contributed by atoms with Gasteiger partial charge in [-0.15, -0.1) is 0 Å². The highest BCUT2D eigenvalue weighted by molar-refractivity contribution is 5.77. The Bertz CT molecular complexity index is 524. The Labute approximate surface area is 147 Å². The second-order valence-corrected chi connectivity index (χ2v) is 7.68. The molecule has 2 aliphatic rings. The second-order valence-electron chi connectivity index (χ2n) is 7.68. The molecule has 1 amide bonds. The third-order valence-corrected chi connectivity index (χ3v) is 6.04. The third kappa shape index (κ3) is 4.00. The summed E-state index contributed by atoms with van der Waals surface area (Å²) >= 11 is 0. The summed E-state index contributed by atoms with van der Waals surface area (Å²) in [6.45, 7) is 4.62. The monoisotopic (exact) mass is 328 g/mol. The molecule has 0 spiro atoms. The van der Waals surface area contributed by atoms with Gasteiger partial charge in [-0.1, -0.05) is 50.1 Å². The van der Waals surface area contributed by atoms with Crippen molar-refractivity contribution < 1.29 is 4.79 Å². The Morgan fingerprint density at radius 3 is 2.50 bits per heavy atom. The molecule has 3 nitrogen and oxygen atoms in total. The third-order valence-electron chi connectivity index (χ3n) is 6.04. The molecular formula is C21H32N2O. The van der Waals surface area contributed by atoms with Crippen molar-refractivity contribution >= 4 is 5.91 Å². The van der Waals surface area contributed by atoms with Gasteiger partial charge in [-0.05, 0) is 50.3 Å². The number of rotatable bonds is 5. The second kappa shape index (κ2) is 8.15. The lowest BCUT2D eigenvalue weighted by atomic mass is 9.87. The van der Waals surface area contributed by atoms with Crippen molar-refractivity contribution in [2.75, 3.05) is 20.1 Å². The molecule has 1 saturated heterocycles. The van der Waals surface area contributed by atoms with Crippen molar-refractivity contribution in [3.05, 3.63) is 35.9 Å². The van der Waals surface area contributed by atoms with Crippen molar-refractivity contribution in [1.82, 2.24) is 9.80 Å². The Morgan fingerprint density at radius 1 is 1.12 bits per heavy atom. The van der Waals surface area contributed by atoms with E-state index in [0.717, 1.165) is 0 Å². The first kappa shape index (κ1) is 17.5. The van der Waals surface area contributed by atoms with Crippen molar-refractivity contribution in [2.24, 2.45) is 0 Å². The van der Waals surface area contributed by atoms with Crippen LogP contribution < -0.4 is 0 Å². The standard InChI is InChI=1S/C21H32N2O/c1-17(18-10-4-3-5-11-18)16-21(24)22(2)19-12-6-7-13-20(19)23-14-8-9-15-23/h3-5,10-11,17,19-20H,6-9,12-16H2,1-2H3/t17?,19-,20-/m1/s1. The van der Waals surface area contributed by atoms with Crippen LogP contribution in [0.5, 0.6) is 0 Å². The summed E-state index contributed by atoms with van der Waals surface area (Å²) < 4.78 is 0. The molecule has 1 aliphatic carbocycles. The molecule has 1 unspecified atom stereocenters. The zero-order valence-electron chi connectivity index (χ0n) is 15.3. The van der Waals surface area contributed by atoms with Gasteiger partial charge in [0.15, 0.2) is 0 Å². The summed E-state index contributed by atoms with van der Waals surface area (Å²) in [6.07, 6.45) is 8.28. The number of carbonyl (C=O) groups is 1. The van der Waals surface area contributed by atoms with Crippen LogP contribution in [0.3, 0.4) is 0 Å². The normalized spacial score (nSPS) is 26.2. The van der Waals surface area contributed by atoms with Crippen LogP contribution in [0.25, 0.3) is 0 Å². The van der Waals surface area contributed by atoms with E-state index in [2.05, 4.69) is 41.0 Å². The van der Waals surface area contributed by atoms with Gasteiger partial charge in [0, 0.05) is 25.6 Å². The number of carbonyl (C=O) groups excluding carboxylic acids is 1. The SMILES string of the molecule is CC(CC(=O)N(C)[C@@H]1CCCC[C@H]1N1CCCC1)c1ccccc1. The Morgan fingerprint density at radius 2 is 1.79 bits per heavy atom. The van der Waals surface area contributed by atoms with Crippen LogP contribution in [0.15, 0.2) is 30.3 Å². The molecule has 1 aromatic carbocycles. The minimum Gasteiger partial charge on any atom is -0.341 e. The highest BCUT2D eigenvalue weighted by atomic mass is 16.2. The van der Waals surface area contributed by atoms with Crippen molar-refractivity contribution in [3.8, 4) is 0 Å². The molecule has 3 heteroatoms. The van der Waals surface area contributed by atoms with Crippen LogP contribution in [0.4, 0.5) is 0 Å². The van der Waals surface area contributed by atoms with Gasteiger partial charge in [0.05, 0.1) is 0 Å². The van der Waals surface area contributed by atoms with E-state index in [4.69, 9.17) is 0 Å². The van der Waals surface area contributed by atoms with E-state index in [0.29, 0.717) is 24.4 Å². The van der Waals surface area contributed by atoms with Crippen LogP contribution in [-0.2, 0) is 4.79 Å². The first-order valence-corrected chi connectivity index (χ1v) is 9.71. The molecule has 1 aliphatic heterocycles. The molecule has 3 atom stereocenters. The Balaban J connectivity index is 1.62. The largest absolute Gasteiger partial charge is 0.341 e. The minimum atomic E-state index is 0.287. The number of hydrogen-bond acceptors (Lipinski definition) is 2. The maximum Gasteiger partial charge on any atom is 0.223 e. The van der Waals surface area contributed by atoms with Gasteiger partial charge in [-0.3, -0.25) is 9.69 Å². The van der Waals surface area contributed by atoms with Crippen LogP contribution >= 0.6 is 0 Å². The molecule has 3 rings (SSSR count). The number of amides is 1. The molecule has 1 saturated carbocycles. The van der Waals surface area contributed by atoms with Gasteiger partial charge >= 0.3 is 0 Å². The average molecular weight is 328 g/mol. The first-order valence-electron chi connectivity index (χ1n) is 9.71.